The smallest absolute Gasteiger partial charge is 0.416 e. The van der Waals surface area contributed by atoms with Crippen LogP contribution >= 0.6 is 0 Å². The van der Waals surface area contributed by atoms with Gasteiger partial charge in [-0.1, -0.05) is 6.07 Å². The van der Waals surface area contributed by atoms with Crippen LogP contribution in [-0.4, -0.2) is 23.6 Å². The van der Waals surface area contributed by atoms with Gasteiger partial charge in [0.25, 0.3) is 5.91 Å². The number of benzene rings is 3. The molecule has 0 radical (unpaired) electrons. The molecule has 0 aliphatic carbocycles. The number of aromatic carboxylic acids is 1. The van der Waals surface area contributed by atoms with Gasteiger partial charge in [-0.05, 0) is 66.7 Å². The van der Waals surface area contributed by atoms with Crippen molar-refractivity contribution in [2.24, 2.45) is 0 Å². The number of ether oxygens (including phenoxy) is 2. The SMILES string of the molecule is O=C(COc1ccc(Oc2ccc(C(F)(F)F)cc2)cc1)Nc1cccc(C(=O)O)c1. The van der Waals surface area contributed by atoms with Crippen molar-refractivity contribution < 1.29 is 37.3 Å². The summed E-state index contributed by atoms with van der Waals surface area (Å²) in [5.74, 6) is -0.598. The van der Waals surface area contributed by atoms with E-state index in [2.05, 4.69) is 5.32 Å². The van der Waals surface area contributed by atoms with E-state index in [0.717, 1.165) is 12.1 Å². The highest BCUT2D eigenvalue weighted by atomic mass is 19.4. The van der Waals surface area contributed by atoms with Crippen LogP contribution in [0.1, 0.15) is 15.9 Å². The van der Waals surface area contributed by atoms with Crippen LogP contribution < -0.4 is 14.8 Å². The number of carbonyl (C=O) groups excluding carboxylic acids is 1. The maximum Gasteiger partial charge on any atom is 0.416 e. The van der Waals surface area contributed by atoms with Gasteiger partial charge in [0, 0.05) is 5.69 Å². The average molecular weight is 431 g/mol. The minimum atomic E-state index is -4.41. The monoisotopic (exact) mass is 431 g/mol. The van der Waals surface area contributed by atoms with Gasteiger partial charge in [-0.15, -0.1) is 0 Å². The molecule has 0 heterocycles. The van der Waals surface area contributed by atoms with Crippen molar-refractivity contribution in [3.8, 4) is 17.2 Å². The fourth-order valence-electron chi connectivity index (χ4n) is 2.53. The lowest BCUT2D eigenvalue weighted by molar-refractivity contribution is -0.137. The van der Waals surface area contributed by atoms with Gasteiger partial charge in [0.2, 0.25) is 0 Å². The van der Waals surface area contributed by atoms with Gasteiger partial charge in [-0.3, -0.25) is 4.79 Å². The van der Waals surface area contributed by atoms with Crippen molar-refractivity contribution in [2.45, 2.75) is 6.18 Å². The lowest BCUT2D eigenvalue weighted by Crippen LogP contribution is -2.20. The van der Waals surface area contributed by atoms with Crippen LogP contribution in [0.5, 0.6) is 17.2 Å². The van der Waals surface area contributed by atoms with Crippen LogP contribution in [-0.2, 0) is 11.0 Å². The number of carbonyl (C=O) groups is 2. The maximum absolute atomic E-state index is 12.6. The molecule has 3 aromatic rings. The molecule has 0 saturated carbocycles. The highest BCUT2D eigenvalue weighted by Crippen LogP contribution is 2.31. The number of hydrogen-bond donors (Lipinski definition) is 2. The molecule has 0 aliphatic rings. The molecule has 3 rings (SSSR count). The van der Waals surface area contributed by atoms with Crippen LogP contribution in [0.2, 0.25) is 0 Å². The number of alkyl halides is 3. The first-order valence-electron chi connectivity index (χ1n) is 8.92. The molecule has 0 unspecified atom stereocenters. The van der Waals surface area contributed by atoms with Crippen molar-refractivity contribution in [1.82, 2.24) is 0 Å². The minimum Gasteiger partial charge on any atom is -0.484 e. The highest BCUT2D eigenvalue weighted by Gasteiger charge is 2.30. The summed E-state index contributed by atoms with van der Waals surface area (Å²) >= 11 is 0. The number of anilines is 1. The highest BCUT2D eigenvalue weighted by molar-refractivity contribution is 5.94. The van der Waals surface area contributed by atoms with Gasteiger partial charge in [-0.25, -0.2) is 4.79 Å². The van der Waals surface area contributed by atoms with E-state index in [-0.39, 0.29) is 17.9 Å². The predicted octanol–water partition coefficient (Wildman–Crippen LogP) is 5.21. The molecule has 0 saturated heterocycles. The second-order valence-corrected chi connectivity index (χ2v) is 6.32. The molecule has 2 N–H and O–H groups in total. The molecular weight excluding hydrogens is 415 g/mol. The number of halogens is 3. The van der Waals surface area contributed by atoms with E-state index < -0.39 is 23.6 Å². The van der Waals surface area contributed by atoms with Gasteiger partial charge in [0.1, 0.15) is 17.2 Å². The number of amides is 1. The Morgan fingerprint density at radius 1 is 0.871 bits per heavy atom. The van der Waals surface area contributed by atoms with E-state index in [1.165, 1.54) is 42.5 Å². The normalized spacial score (nSPS) is 10.9. The molecular formula is C22H16F3NO5. The van der Waals surface area contributed by atoms with Crippen molar-refractivity contribution >= 4 is 17.6 Å². The maximum atomic E-state index is 12.6. The summed E-state index contributed by atoms with van der Waals surface area (Å²) in [4.78, 5) is 22.9. The molecule has 160 valence electrons. The zero-order chi connectivity index (χ0) is 22.4. The fourth-order valence-corrected chi connectivity index (χ4v) is 2.53. The third-order valence-corrected chi connectivity index (χ3v) is 4.00. The zero-order valence-electron chi connectivity index (χ0n) is 15.8. The quantitative estimate of drug-likeness (QED) is 0.536. The summed E-state index contributed by atoms with van der Waals surface area (Å²) < 4.78 is 48.6. The summed E-state index contributed by atoms with van der Waals surface area (Å²) in [5.41, 5.74) is -0.396. The van der Waals surface area contributed by atoms with Crippen LogP contribution in [0.15, 0.2) is 72.8 Å². The Morgan fingerprint density at radius 2 is 1.45 bits per heavy atom. The summed E-state index contributed by atoms with van der Waals surface area (Å²) in [6.45, 7) is -0.309. The molecule has 9 heteroatoms. The van der Waals surface area contributed by atoms with E-state index in [4.69, 9.17) is 14.6 Å². The van der Waals surface area contributed by atoms with E-state index in [9.17, 15) is 22.8 Å². The molecule has 0 fully saturated rings. The van der Waals surface area contributed by atoms with Crippen LogP contribution in [0, 0.1) is 0 Å². The Bertz CT molecular complexity index is 1060. The van der Waals surface area contributed by atoms with E-state index in [1.807, 2.05) is 0 Å². The second kappa shape index (κ2) is 9.21. The lowest BCUT2D eigenvalue weighted by atomic mass is 10.2. The van der Waals surface area contributed by atoms with E-state index in [0.29, 0.717) is 17.2 Å². The molecule has 3 aromatic carbocycles. The van der Waals surface area contributed by atoms with Gasteiger partial charge in [0.15, 0.2) is 6.61 Å². The van der Waals surface area contributed by atoms with Gasteiger partial charge in [-0.2, -0.15) is 13.2 Å². The van der Waals surface area contributed by atoms with Gasteiger partial charge < -0.3 is 19.9 Å². The van der Waals surface area contributed by atoms with Crippen LogP contribution in [0.4, 0.5) is 18.9 Å². The average Bonchev–Trinajstić information content (AvgIpc) is 2.73. The zero-order valence-corrected chi connectivity index (χ0v) is 15.8. The second-order valence-electron chi connectivity index (χ2n) is 6.32. The first-order valence-corrected chi connectivity index (χ1v) is 8.92. The standard InChI is InChI=1S/C22H16F3NO5/c23-22(24,25)15-4-6-18(7-5-15)31-19-10-8-17(9-11-19)30-13-20(27)26-16-3-1-2-14(12-16)21(28)29/h1-12H,13H2,(H,26,27)(H,28,29). The summed E-state index contributed by atoms with van der Waals surface area (Å²) in [7, 11) is 0. The van der Waals surface area contributed by atoms with Gasteiger partial charge >= 0.3 is 12.1 Å². The Morgan fingerprint density at radius 3 is 2.03 bits per heavy atom. The van der Waals surface area contributed by atoms with Crippen molar-refractivity contribution in [3.05, 3.63) is 83.9 Å². The molecule has 6 nitrogen and oxygen atoms in total. The van der Waals surface area contributed by atoms with Crippen LogP contribution in [0.25, 0.3) is 0 Å². The van der Waals surface area contributed by atoms with E-state index >= 15 is 0 Å². The number of nitrogens with one attached hydrogen (secondary N) is 1. The first-order chi connectivity index (χ1) is 14.7. The molecule has 0 spiro atoms. The Labute approximate surface area is 174 Å². The third kappa shape index (κ3) is 6.23. The topological polar surface area (TPSA) is 84.9 Å². The molecule has 0 aliphatic heterocycles. The predicted molar refractivity (Wildman–Crippen MR) is 105 cm³/mol. The number of carboxylic acids is 1. The molecule has 1 amide bonds. The Kier molecular flexibility index (Phi) is 6.44. The fraction of sp³-hybridized carbons (Fsp3) is 0.0909. The minimum absolute atomic E-state index is 0.0438. The molecule has 0 aromatic heterocycles. The Hall–Kier alpha value is -4.01. The van der Waals surface area contributed by atoms with Crippen molar-refractivity contribution in [1.29, 1.82) is 0 Å². The largest absolute Gasteiger partial charge is 0.484 e. The first kappa shape index (κ1) is 21.7. The number of hydrogen-bond acceptors (Lipinski definition) is 4. The lowest BCUT2D eigenvalue weighted by Gasteiger charge is -2.10. The summed E-state index contributed by atoms with van der Waals surface area (Å²) in [6.07, 6.45) is -4.41. The third-order valence-electron chi connectivity index (χ3n) is 4.00. The van der Waals surface area contributed by atoms with E-state index in [1.54, 1.807) is 18.2 Å². The summed E-state index contributed by atoms with van der Waals surface area (Å²) in [5, 5.41) is 11.5. The summed E-state index contributed by atoms with van der Waals surface area (Å²) in [6, 6.07) is 16.3. The van der Waals surface area contributed by atoms with Crippen molar-refractivity contribution in [3.63, 3.8) is 0 Å². The molecule has 0 bridgehead atoms. The van der Waals surface area contributed by atoms with Crippen molar-refractivity contribution in [2.75, 3.05) is 11.9 Å². The molecule has 0 atom stereocenters. The number of carboxylic acid groups (broad SMARTS) is 1. The van der Waals surface area contributed by atoms with Crippen LogP contribution in [0.3, 0.4) is 0 Å². The molecule has 31 heavy (non-hydrogen) atoms. The van der Waals surface area contributed by atoms with Gasteiger partial charge in [0.05, 0.1) is 11.1 Å². The Balaban J connectivity index is 1.52. The number of rotatable bonds is 7.